The van der Waals surface area contributed by atoms with Gasteiger partial charge in [0.2, 0.25) is 0 Å². The van der Waals surface area contributed by atoms with E-state index in [-0.39, 0.29) is 11.3 Å². The van der Waals surface area contributed by atoms with Gasteiger partial charge in [0.15, 0.2) is 5.65 Å². The molecule has 156 valence electrons. The molecule has 0 saturated heterocycles. The average molecular weight is 432 g/mol. The van der Waals surface area contributed by atoms with Crippen molar-refractivity contribution in [3.63, 3.8) is 0 Å². The summed E-state index contributed by atoms with van der Waals surface area (Å²) in [4.78, 5) is 9.43. The van der Waals surface area contributed by atoms with Crippen LogP contribution in [0.4, 0.5) is 0 Å². The summed E-state index contributed by atoms with van der Waals surface area (Å²) in [5.41, 5.74) is 2.01. The molecule has 1 aromatic carbocycles. The van der Waals surface area contributed by atoms with Crippen molar-refractivity contribution in [3.8, 4) is 6.07 Å². The Hall–Kier alpha value is -3.18. The van der Waals surface area contributed by atoms with Gasteiger partial charge in [-0.2, -0.15) is 5.26 Å². The molecule has 8 heteroatoms. The molecular weight excluding hydrogens is 410 g/mol. The number of hydrogen-bond donors (Lipinski definition) is 0. The number of nitriles is 1. The molecule has 2 aliphatic carbocycles. The van der Waals surface area contributed by atoms with Gasteiger partial charge >= 0.3 is 0 Å². The summed E-state index contributed by atoms with van der Waals surface area (Å²) in [7, 11) is -3.76. The average Bonchev–Trinajstić information content (AvgIpc) is 3.55. The lowest BCUT2D eigenvalue weighted by molar-refractivity contribution is 0.331. The highest BCUT2D eigenvalue weighted by Crippen LogP contribution is 2.52. The Morgan fingerprint density at radius 3 is 2.68 bits per heavy atom. The van der Waals surface area contributed by atoms with E-state index in [1.807, 2.05) is 6.07 Å². The van der Waals surface area contributed by atoms with Gasteiger partial charge in [0.25, 0.3) is 10.0 Å². The Morgan fingerprint density at radius 1 is 1.13 bits per heavy atom. The third kappa shape index (κ3) is 2.66. The highest BCUT2D eigenvalue weighted by Gasteiger charge is 2.42. The van der Waals surface area contributed by atoms with Crippen LogP contribution >= 0.6 is 0 Å². The van der Waals surface area contributed by atoms with Gasteiger partial charge in [-0.25, -0.2) is 22.4 Å². The zero-order valence-corrected chi connectivity index (χ0v) is 17.7. The van der Waals surface area contributed by atoms with Gasteiger partial charge in [-0.05, 0) is 49.3 Å². The van der Waals surface area contributed by atoms with E-state index >= 15 is 0 Å². The molecule has 2 fully saturated rings. The van der Waals surface area contributed by atoms with Crippen LogP contribution in [0.25, 0.3) is 22.1 Å². The van der Waals surface area contributed by atoms with Crippen LogP contribution in [0.15, 0.2) is 53.7 Å². The molecule has 3 heterocycles. The first-order chi connectivity index (χ1) is 15.1. The molecule has 6 rings (SSSR count). The molecule has 0 spiro atoms. The molecule has 3 aromatic heterocycles. The number of hydrogen-bond acceptors (Lipinski definition) is 5. The summed E-state index contributed by atoms with van der Waals surface area (Å²) >= 11 is 0. The largest absolute Gasteiger partial charge is 0.323 e. The molecule has 4 aromatic rings. The summed E-state index contributed by atoms with van der Waals surface area (Å²) in [5, 5.41) is 10.2. The first-order valence-corrected chi connectivity index (χ1v) is 12.1. The molecule has 0 amide bonds. The number of pyridine rings is 1. The molecule has 3 atom stereocenters. The molecule has 2 saturated carbocycles. The zero-order chi connectivity index (χ0) is 21.2. The van der Waals surface area contributed by atoms with Gasteiger partial charge in [0.1, 0.15) is 11.3 Å². The minimum atomic E-state index is -3.76. The van der Waals surface area contributed by atoms with E-state index < -0.39 is 10.0 Å². The van der Waals surface area contributed by atoms with Crippen LogP contribution in [0.3, 0.4) is 0 Å². The number of imidazole rings is 1. The van der Waals surface area contributed by atoms with Crippen LogP contribution in [-0.2, 0) is 16.4 Å². The zero-order valence-electron chi connectivity index (χ0n) is 16.8. The van der Waals surface area contributed by atoms with E-state index in [0.29, 0.717) is 17.6 Å². The van der Waals surface area contributed by atoms with Crippen molar-refractivity contribution >= 4 is 32.1 Å². The van der Waals surface area contributed by atoms with E-state index in [2.05, 4.69) is 15.6 Å². The summed E-state index contributed by atoms with van der Waals surface area (Å²) in [5.74, 6) is 2.09. The van der Waals surface area contributed by atoms with E-state index in [4.69, 9.17) is 4.98 Å². The minimum Gasteiger partial charge on any atom is -0.323 e. The van der Waals surface area contributed by atoms with Gasteiger partial charge < -0.3 is 4.57 Å². The number of fused-ring (bicyclic) bond motifs is 5. The second-order valence-electron chi connectivity index (χ2n) is 8.63. The smallest absolute Gasteiger partial charge is 0.269 e. The Labute approximate surface area is 180 Å². The number of benzene rings is 1. The lowest BCUT2D eigenvalue weighted by Gasteiger charge is -2.25. The molecule has 0 aliphatic heterocycles. The highest BCUT2D eigenvalue weighted by atomic mass is 32.2. The van der Waals surface area contributed by atoms with Crippen molar-refractivity contribution in [2.45, 2.75) is 43.0 Å². The van der Waals surface area contributed by atoms with Crippen LogP contribution in [0, 0.1) is 23.2 Å². The first kappa shape index (κ1) is 18.6. The summed E-state index contributed by atoms with van der Waals surface area (Å²) < 4.78 is 30.0. The van der Waals surface area contributed by atoms with Crippen molar-refractivity contribution in [1.29, 1.82) is 5.26 Å². The maximum atomic E-state index is 13.3. The fourth-order valence-corrected chi connectivity index (χ4v) is 7.00. The third-order valence-corrected chi connectivity index (χ3v) is 8.65. The number of nitrogens with zero attached hydrogens (tertiary/aromatic N) is 5. The summed E-state index contributed by atoms with van der Waals surface area (Å²) in [6.07, 6.45) is 8.26. The minimum absolute atomic E-state index is 0.223. The fraction of sp³-hybridized carbons (Fsp3) is 0.348. The normalized spacial score (nSPS) is 23.0. The SMILES string of the molecule is N#CCc1nc2cnc3c(ccn3S(=O)(=O)c3ccccc3)c2n1C1CC2CCC1C2. The first-order valence-electron chi connectivity index (χ1n) is 10.6. The van der Waals surface area contributed by atoms with Gasteiger partial charge in [-0.1, -0.05) is 24.6 Å². The lowest BCUT2D eigenvalue weighted by Crippen LogP contribution is -2.18. The van der Waals surface area contributed by atoms with Crippen molar-refractivity contribution in [1.82, 2.24) is 18.5 Å². The van der Waals surface area contributed by atoms with Crippen LogP contribution in [0.5, 0.6) is 0 Å². The van der Waals surface area contributed by atoms with Crippen molar-refractivity contribution < 1.29 is 8.42 Å². The predicted octanol–water partition coefficient (Wildman–Crippen LogP) is 4.05. The predicted molar refractivity (Wildman–Crippen MR) is 116 cm³/mol. The second kappa shape index (κ2) is 6.66. The molecule has 3 unspecified atom stereocenters. The third-order valence-electron chi connectivity index (χ3n) is 6.97. The number of rotatable bonds is 4. The quantitative estimate of drug-likeness (QED) is 0.486. The Morgan fingerprint density at radius 2 is 1.97 bits per heavy atom. The van der Waals surface area contributed by atoms with E-state index in [1.54, 1.807) is 42.7 Å². The molecule has 0 radical (unpaired) electrons. The standard InChI is InChI=1S/C23H21N5O2S/c24-10-8-21-26-19-14-25-23-18(22(19)28(21)20-13-15-6-7-16(20)12-15)9-11-27(23)31(29,30)17-4-2-1-3-5-17/h1-5,9,11,14-16,20H,6-8,12-13H2. The molecule has 0 N–H and O–H groups in total. The molecule has 2 aliphatic rings. The van der Waals surface area contributed by atoms with E-state index in [1.165, 1.54) is 23.2 Å². The molecule has 2 bridgehead atoms. The van der Waals surface area contributed by atoms with Crippen molar-refractivity contribution in [2.24, 2.45) is 11.8 Å². The second-order valence-corrected chi connectivity index (χ2v) is 10.4. The van der Waals surface area contributed by atoms with Gasteiger partial charge in [-0.3, -0.25) is 0 Å². The van der Waals surface area contributed by atoms with Crippen LogP contribution in [0.2, 0.25) is 0 Å². The lowest BCUT2D eigenvalue weighted by atomic mass is 9.94. The van der Waals surface area contributed by atoms with Gasteiger partial charge in [0.05, 0.1) is 29.1 Å². The van der Waals surface area contributed by atoms with Crippen molar-refractivity contribution in [3.05, 3.63) is 54.6 Å². The number of aromatic nitrogens is 4. The maximum Gasteiger partial charge on any atom is 0.269 e. The highest BCUT2D eigenvalue weighted by molar-refractivity contribution is 7.90. The maximum absolute atomic E-state index is 13.3. The molecule has 31 heavy (non-hydrogen) atoms. The van der Waals surface area contributed by atoms with Gasteiger partial charge in [0, 0.05) is 17.6 Å². The summed E-state index contributed by atoms with van der Waals surface area (Å²) in [6.45, 7) is 0. The van der Waals surface area contributed by atoms with Gasteiger partial charge in [-0.15, -0.1) is 0 Å². The fourth-order valence-electron chi connectivity index (χ4n) is 5.68. The Kier molecular flexibility index (Phi) is 3.99. The topological polar surface area (TPSA) is 93.6 Å². The monoisotopic (exact) mass is 431 g/mol. The summed E-state index contributed by atoms with van der Waals surface area (Å²) in [6, 6.07) is 12.8. The Bertz CT molecular complexity index is 1460. The Balaban J connectivity index is 1.60. The van der Waals surface area contributed by atoms with Crippen LogP contribution in [-0.4, -0.2) is 26.9 Å². The van der Waals surface area contributed by atoms with E-state index in [0.717, 1.165) is 34.6 Å². The molecular formula is C23H21N5O2S. The molecule has 7 nitrogen and oxygen atoms in total. The van der Waals surface area contributed by atoms with Crippen LogP contribution < -0.4 is 0 Å². The van der Waals surface area contributed by atoms with E-state index in [9.17, 15) is 13.7 Å². The van der Waals surface area contributed by atoms with Crippen LogP contribution in [0.1, 0.15) is 37.5 Å². The van der Waals surface area contributed by atoms with Crippen molar-refractivity contribution in [2.75, 3.05) is 0 Å².